The fourth-order valence-electron chi connectivity index (χ4n) is 1.14. The number of halogens is 1. The van der Waals surface area contributed by atoms with Crippen molar-refractivity contribution in [2.24, 2.45) is 0 Å². The minimum atomic E-state index is -0.212. The van der Waals surface area contributed by atoms with Crippen LogP contribution in [0, 0.1) is 12.7 Å². The topological polar surface area (TPSA) is 12.9 Å². The number of nitrogens with zero attached hydrogens (tertiary/aromatic N) is 1. The van der Waals surface area contributed by atoms with Crippen LogP contribution in [0.25, 0.3) is 0 Å². The molecular weight excluding hydrogens is 209 g/mol. The summed E-state index contributed by atoms with van der Waals surface area (Å²) in [6, 6.07) is 10.4. The summed E-state index contributed by atoms with van der Waals surface area (Å²) < 4.78 is 12.7. The van der Waals surface area contributed by atoms with Crippen LogP contribution in [0.2, 0.25) is 0 Å². The quantitative estimate of drug-likeness (QED) is 0.764. The van der Waals surface area contributed by atoms with Crippen LogP contribution in [0.15, 0.2) is 52.5 Å². The first-order valence-electron chi connectivity index (χ1n) is 4.60. The molecule has 0 atom stereocenters. The maximum atomic E-state index is 12.7. The summed E-state index contributed by atoms with van der Waals surface area (Å²) in [5.74, 6) is -0.212. The average molecular weight is 219 g/mol. The Morgan fingerprint density at radius 1 is 1.07 bits per heavy atom. The molecule has 0 amide bonds. The Labute approximate surface area is 92.4 Å². The van der Waals surface area contributed by atoms with Gasteiger partial charge in [0.1, 0.15) is 10.8 Å². The van der Waals surface area contributed by atoms with E-state index < -0.39 is 0 Å². The van der Waals surface area contributed by atoms with Crippen molar-refractivity contribution in [1.82, 2.24) is 4.98 Å². The standard InChI is InChI=1S/C12H10FNS/c1-9-2-7-12(14-8-9)15-11-5-3-10(13)4-6-11/h2-8H,1H3. The van der Waals surface area contributed by atoms with Gasteiger partial charge in [-0.05, 0) is 42.8 Å². The summed E-state index contributed by atoms with van der Waals surface area (Å²) in [6.07, 6.45) is 1.83. The van der Waals surface area contributed by atoms with E-state index in [1.807, 2.05) is 25.3 Å². The lowest BCUT2D eigenvalue weighted by molar-refractivity contribution is 0.626. The van der Waals surface area contributed by atoms with Crippen molar-refractivity contribution in [2.75, 3.05) is 0 Å². The van der Waals surface area contributed by atoms with E-state index in [-0.39, 0.29) is 5.82 Å². The predicted octanol–water partition coefficient (Wildman–Crippen LogP) is 3.68. The molecule has 1 aromatic heterocycles. The molecule has 0 aliphatic heterocycles. The van der Waals surface area contributed by atoms with Gasteiger partial charge in [-0.25, -0.2) is 9.37 Å². The molecule has 0 bridgehead atoms. The smallest absolute Gasteiger partial charge is 0.123 e. The molecule has 0 saturated carbocycles. The second-order valence-electron chi connectivity index (χ2n) is 3.23. The molecule has 0 spiro atoms. The molecule has 1 aromatic carbocycles. The van der Waals surface area contributed by atoms with Crippen molar-refractivity contribution in [2.45, 2.75) is 16.8 Å². The molecule has 2 aromatic rings. The van der Waals surface area contributed by atoms with E-state index in [1.54, 1.807) is 12.1 Å². The average Bonchev–Trinajstić information content (AvgIpc) is 2.25. The van der Waals surface area contributed by atoms with Crippen LogP contribution in [0.3, 0.4) is 0 Å². The normalized spacial score (nSPS) is 10.3. The molecule has 0 radical (unpaired) electrons. The molecule has 0 fully saturated rings. The summed E-state index contributed by atoms with van der Waals surface area (Å²) in [7, 11) is 0. The van der Waals surface area contributed by atoms with Crippen LogP contribution < -0.4 is 0 Å². The van der Waals surface area contributed by atoms with Crippen LogP contribution in [0.1, 0.15) is 5.56 Å². The van der Waals surface area contributed by atoms with Crippen LogP contribution in [-0.4, -0.2) is 4.98 Å². The first-order chi connectivity index (χ1) is 7.24. The van der Waals surface area contributed by atoms with E-state index in [1.165, 1.54) is 23.9 Å². The van der Waals surface area contributed by atoms with E-state index in [2.05, 4.69) is 4.98 Å². The monoisotopic (exact) mass is 219 g/mol. The number of aryl methyl sites for hydroxylation is 1. The zero-order chi connectivity index (χ0) is 10.7. The van der Waals surface area contributed by atoms with Crippen molar-refractivity contribution < 1.29 is 4.39 Å². The van der Waals surface area contributed by atoms with Crippen molar-refractivity contribution in [3.8, 4) is 0 Å². The lowest BCUT2D eigenvalue weighted by Crippen LogP contribution is -1.81. The SMILES string of the molecule is Cc1ccc(Sc2ccc(F)cc2)nc1. The van der Waals surface area contributed by atoms with Gasteiger partial charge in [-0.15, -0.1) is 0 Å². The molecule has 0 saturated heterocycles. The third-order valence-corrected chi connectivity index (χ3v) is 2.88. The lowest BCUT2D eigenvalue weighted by Gasteiger charge is -2.00. The molecule has 15 heavy (non-hydrogen) atoms. The van der Waals surface area contributed by atoms with Crippen molar-refractivity contribution in [1.29, 1.82) is 0 Å². The minimum Gasteiger partial charge on any atom is -0.249 e. The summed E-state index contributed by atoms with van der Waals surface area (Å²) in [4.78, 5) is 5.26. The Bertz CT molecular complexity index is 393. The maximum absolute atomic E-state index is 12.7. The fourth-order valence-corrected chi connectivity index (χ4v) is 1.89. The van der Waals surface area contributed by atoms with E-state index in [0.29, 0.717) is 0 Å². The van der Waals surface area contributed by atoms with E-state index in [9.17, 15) is 4.39 Å². The number of hydrogen-bond donors (Lipinski definition) is 0. The van der Waals surface area contributed by atoms with Gasteiger partial charge in [-0.3, -0.25) is 0 Å². The van der Waals surface area contributed by atoms with Gasteiger partial charge in [-0.1, -0.05) is 17.8 Å². The summed E-state index contributed by atoms with van der Waals surface area (Å²) in [6.45, 7) is 2.00. The predicted molar refractivity (Wildman–Crippen MR) is 59.5 cm³/mol. The van der Waals surface area contributed by atoms with E-state index >= 15 is 0 Å². The lowest BCUT2D eigenvalue weighted by atomic mass is 10.3. The molecule has 1 nitrogen and oxygen atoms in total. The Kier molecular flexibility index (Phi) is 3.02. The molecule has 0 N–H and O–H groups in total. The highest BCUT2D eigenvalue weighted by atomic mass is 32.2. The highest BCUT2D eigenvalue weighted by molar-refractivity contribution is 7.99. The zero-order valence-corrected chi connectivity index (χ0v) is 9.09. The van der Waals surface area contributed by atoms with Crippen molar-refractivity contribution >= 4 is 11.8 Å². The van der Waals surface area contributed by atoms with Crippen LogP contribution in [0.5, 0.6) is 0 Å². The third-order valence-electron chi connectivity index (χ3n) is 1.92. The molecule has 3 heteroatoms. The summed E-state index contributed by atoms with van der Waals surface area (Å²) in [5, 5.41) is 0.923. The molecule has 2 rings (SSSR count). The Hall–Kier alpha value is -1.35. The van der Waals surface area contributed by atoms with Gasteiger partial charge in [0, 0.05) is 11.1 Å². The molecule has 76 valence electrons. The van der Waals surface area contributed by atoms with Crippen LogP contribution >= 0.6 is 11.8 Å². The maximum Gasteiger partial charge on any atom is 0.123 e. The van der Waals surface area contributed by atoms with Gasteiger partial charge in [-0.2, -0.15) is 0 Å². The first-order valence-corrected chi connectivity index (χ1v) is 5.42. The number of hydrogen-bond acceptors (Lipinski definition) is 2. The van der Waals surface area contributed by atoms with Crippen molar-refractivity contribution in [3.05, 3.63) is 54.0 Å². The first kappa shape index (κ1) is 10.2. The molecular formula is C12H10FNS. The number of rotatable bonds is 2. The van der Waals surface area contributed by atoms with Gasteiger partial charge in [0.05, 0.1) is 0 Å². The minimum absolute atomic E-state index is 0.212. The highest BCUT2D eigenvalue weighted by Gasteiger charge is 1.98. The highest BCUT2D eigenvalue weighted by Crippen LogP contribution is 2.25. The molecule has 0 aliphatic carbocycles. The van der Waals surface area contributed by atoms with Crippen molar-refractivity contribution in [3.63, 3.8) is 0 Å². The number of aromatic nitrogens is 1. The van der Waals surface area contributed by atoms with Gasteiger partial charge in [0.25, 0.3) is 0 Å². The van der Waals surface area contributed by atoms with Gasteiger partial charge in [0.15, 0.2) is 0 Å². The number of benzene rings is 1. The van der Waals surface area contributed by atoms with E-state index in [4.69, 9.17) is 0 Å². The van der Waals surface area contributed by atoms with Gasteiger partial charge < -0.3 is 0 Å². The molecule has 0 unspecified atom stereocenters. The Morgan fingerprint density at radius 3 is 2.40 bits per heavy atom. The summed E-state index contributed by atoms with van der Waals surface area (Å²) >= 11 is 1.53. The fraction of sp³-hybridized carbons (Fsp3) is 0.0833. The zero-order valence-electron chi connectivity index (χ0n) is 8.27. The van der Waals surface area contributed by atoms with Gasteiger partial charge >= 0.3 is 0 Å². The van der Waals surface area contributed by atoms with Crippen LogP contribution in [-0.2, 0) is 0 Å². The largest absolute Gasteiger partial charge is 0.249 e. The van der Waals surface area contributed by atoms with Crippen LogP contribution in [0.4, 0.5) is 4.39 Å². The van der Waals surface area contributed by atoms with E-state index in [0.717, 1.165) is 15.5 Å². The third kappa shape index (κ3) is 2.80. The molecule has 0 aliphatic rings. The second-order valence-corrected chi connectivity index (χ2v) is 4.32. The molecule has 1 heterocycles. The number of pyridine rings is 1. The van der Waals surface area contributed by atoms with Gasteiger partial charge in [0.2, 0.25) is 0 Å². The summed E-state index contributed by atoms with van der Waals surface area (Å²) in [5.41, 5.74) is 1.14. The second kappa shape index (κ2) is 4.45. The Balaban J connectivity index is 2.15. The Morgan fingerprint density at radius 2 is 1.80 bits per heavy atom.